The van der Waals surface area contributed by atoms with Crippen molar-refractivity contribution in [1.29, 1.82) is 0 Å². The molecule has 1 aromatic heterocycles. The van der Waals surface area contributed by atoms with Crippen molar-refractivity contribution in [2.75, 3.05) is 11.1 Å². The molecule has 2 unspecified atom stereocenters. The zero-order chi connectivity index (χ0) is 11.4. The molecule has 0 aliphatic rings. The highest BCUT2D eigenvalue weighted by Crippen LogP contribution is 2.20. The second-order valence-corrected chi connectivity index (χ2v) is 3.92. The topological polar surface area (TPSA) is 79.4 Å². The number of rotatable bonds is 4. The van der Waals surface area contributed by atoms with E-state index in [0.29, 0.717) is 11.8 Å². The number of aromatic nitrogens is 1. The van der Waals surface area contributed by atoms with Gasteiger partial charge in [0.1, 0.15) is 6.10 Å². The fourth-order valence-corrected chi connectivity index (χ4v) is 1.59. The highest BCUT2D eigenvalue weighted by atomic mass is 79.9. The molecule has 0 bridgehead atoms. The van der Waals surface area contributed by atoms with Gasteiger partial charge in [-0.3, -0.25) is 0 Å². The molecule has 84 valence electrons. The fraction of sp³-hybridized carbons (Fsp3) is 0.444. The van der Waals surface area contributed by atoms with Crippen LogP contribution in [-0.2, 0) is 0 Å². The molecule has 0 spiro atoms. The maximum absolute atomic E-state index is 13.0. The van der Waals surface area contributed by atoms with Gasteiger partial charge >= 0.3 is 0 Å². The Hall–Kier alpha value is -0.720. The van der Waals surface area contributed by atoms with Crippen LogP contribution in [0.25, 0.3) is 0 Å². The summed E-state index contributed by atoms with van der Waals surface area (Å²) in [6.07, 6.45) is -0.479. The largest absolute Gasteiger partial charge is 0.390 e. The lowest BCUT2D eigenvalue weighted by Gasteiger charge is -2.16. The van der Waals surface area contributed by atoms with Crippen LogP contribution < -0.4 is 5.73 Å². The van der Waals surface area contributed by atoms with Gasteiger partial charge in [-0.05, 0) is 12.5 Å². The number of hydrogen-bond donors (Lipinski definition) is 3. The standard InChI is InChI=1S/C9H12BrFN2O2/c10-2-1-7(14)8(15)5-3-6(11)9(12)13-4-5/h3-4,7-8,14-15H,1-2H2,(H2,12,13). The molecule has 0 saturated heterocycles. The maximum atomic E-state index is 13.0. The van der Waals surface area contributed by atoms with Gasteiger partial charge in [0, 0.05) is 17.1 Å². The Kier molecular flexibility index (Phi) is 4.44. The number of anilines is 1. The number of aliphatic hydroxyl groups is 2. The van der Waals surface area contributed by atoms with Crippen molar-refractivity contribution < 1.29 is 14.6 Å². The van der Waals surface area contributed by atoms with Gasteiger partial charge in [0.15, 0.2) is 11.6 Å². The molecule has 0 aliphatic heterocycles. The first kappa shape index (κ1) is 12.4. The Bertz CT molecular complexity index is 338. The summed E-state index contributed by atoms with van der Waals surface area (Å²) in [6, 6.07) is 1.07. The second-order valence-electron chi connectivity index (χ2n) is 3.13. The Balaban J connectivity index is 2.81. The molecule has 1 aromatic rings. The Morgan fingerprint density at radius 3 is 2.73 bits per heavy atom. The molecule has 2 atom stereocenters. The molecule has 1 rings (SSSR count). The molecular weight excluding hydrogens is 267 g/mol. The minimum Gasteiger partial charge on any atom is -0.390 e. The quantitative estimate of drug-likeness (QED) is 0.718. The SMILES string of the molecule is Nc1ncc(C(O)C(O)CCBr)cc1F. The average molecular weight is 279 g/mol. The van der Waals surface area contributed by atoms with Gasteiger partial charge in [-0.15, -0.1) is 0 Å². The normalized spacial score (nSPS) is 14.9. The third-order valence-corrected chi connectivity index (χ3v) is 2.46. The van der Waals surface area contributed by atoms with Gasteiger partial charge in [0.2, 0.25) is 0 Å². The van der Waals surface area contributed by atoms with Crippen LogP contribution in [0.2, 0.25) is 0 Å². The van der Waals surface area contributed by atoms with E-state index >= 15 is 0 Å². The number of nitrogen functional groups attached to an aromatic ring is 1. The van der Waals surface area contributed by atoms with Crippen LogP contribution in [0.1, 0.15) is 18.1 Å². The van der Waals surface area contributed by atoms with Crippen molar-refractivity contribution in [2.24, 2.45) is 0 Å². The van der Waals surface area contributed by atoms with Crippen molar-refractivity contribution >= 4 is 21.7 Å². The lowest BCUT2D eigenvalue weighted by atomic mass is 10.0. The van der Waals surface area contributed by atoms with E-state index in [1.165, 1.54) is 6.20 Å². The van der Waals surface area contributed by atoms with Crippen LogP contribution in [0.5, 0.6) is 0 Å². The monoisotopic (exact) mass is 278 g/mol. The number of hydrogen-bond acceptors (Lipinski definition) is 4. The number of aliphatic hydroxyl groups excluding tert-OH is 2. The van der Waals surface area contributed by atoms with Gasteiger partial charge < -0.3 is 15.9 Å². The van der Waals surface area contributed by atoms with E-state index in [1.54, 1.807) is 0 Å². The molecule has 4 nitrogen and oxygen atoms in total. The van der Waals surface area contributed by atoms with E-state index in [-0.39, 0.29) is 11.4 Å². The third kappa shape index (κ3) is 3.12. The Morgan fingerprint density at radius 2 is 2.20 bits per heavy atom. The highest BCUT2D eigenvalue weighted by Gasteiger charge is 2.19. The third-order valence-electron chi connectivity index (χ3n) is 2.00. The van der Waals surface area contributed by atoms with Crippen LogP contribution in [0.3, 0.4) is 0 Å². The number of nitrogens with two attached hydrogens (primary N) is 1. The second kappa shape index (κ2) is 5.39. The van der Waals surface area contributed by atoms with Crippen molar-refractivity contribution in [2.45, 2.75) is 18.6 Å². The van der Waals surface area contributed by atoms with Gasteiger partial charge in [-0.1, -0.05) is 15.9 Å². The maximum Gasteiger partial charge on any atom is 0.165 e. The van der Waals surface area contributed by atoms with E-state index in [2.05, 4.69) is 20.9 Å². The molecule has 0 aliphatic carbocycles. The molecule has 15 heavy (non-hydrogen) atoms. The highest BCUT2D eigenvalue weighted by molar-refractivity contribution is 9.09. The average Bonchev–Trinajstić information content (AvgIpc) is 2.21. The summed E-state index contributed by atoms with van der Waals surface area (Å²) < 4.78 is 13.0. The van der Waals surface area contributed by atoms with E-state index < -0.39 is 18.0 Å². The number of pyridine rings is 1. The van der Waals surface area contributed by atoms with E-state index in [1.807, 2.05) is 0 Å². The smallest absolute Gasteiger partial charge is 0.165 e. The predicted molar refractivity (Wildman–Crippen MR) is 58.0 cm³/mol. The molecule has 0 aromatic carbocycles. The molecule has 0 saturated carbocycles. The van der Waals surface area contributed by atoms with Gasteiger partial charge in [-0.2, -0.15) is 0 Å². The first-order valence-corrected chi connectivity index (χ1v) is 5.51. The zero-order valence-corrected chi connectivity index (χ0v) is 9.48. The van der Waals surface area contributed by atoms with Gasteiger partial charge in [0.05, 0.1) is 6.10 Å². The Morgan fingerprint density at radius 1 is 1.53 bits per heavy atom. The van der Waals surface area contributed by atoms with Crippen LogP contribution in [0, 0.1) is 5.82 Å². The molecule has 0 radical (unpaired) electrons. The van der Waals surface area contributed by atoms with E-state index in [0.717, 1.165) is 6.07 Å². The summed E-state index contributed by atoms with van der Waals surface area (Å²) in [6.45, 7) is 0. The van der Waals surface area contributed by atoms with E-state index in [9.17, 15) is 14.6 Å². The van der Waals surface area contributed by atoms with Gasteiger partial charge in [-0.25, -0.2) is 9.37 Å². The fourth-order valence-electron chi connectivity index (χ4n) is 1.12. The lowest BCUT2D eigenvalue weighted by Crippen LogP contribution is -2.19. The minimum atomic E-state index is -1.15. The molecule has 0 amide bonds. The van der Waals surface area contributed by atoms with Crippen LogP contribution in [0.4, 0.5) is 10.2 Å². The van der Waals surface area contributed by atoms with Crippen LogP contribution >= 0.6 is 15.9 Å². The number of halogens is 2. The van der Waals surface area contributed by atoms with Crippen LogP contribution in [0.15, 0.2) is 12.3 Å². The minimum absolute atomic E-state index is 0.218. The summed E-state index contributed by atoms with van der Waals surface area (Å²) in [5.74, 6) is -0.918. The summed E-state index contributed by atoms with van der Waals surface area (Å²) in [4.78, 5) is 3.56. The zero-order valence-electron chi connectivity index (χ0n) is 7.90. The molecule has 1 heterocycles. The first-order chi connectivity index (χ1) is 7.06. The number of alkyl halides is 1. The summed E-state index contributed by atoms with van der Waals surface area (Å²) in [7, 11) is 0. The van der Waals surface area contributed by atoms with Crippen LogP contribution in [-0.4, -0.2) is 26.6 Å². The van der Waals surface area contributed by atoms with E-state index in [4.69, 9.17) is 5.73 Å². The molecule has 4 N–H and O–H groups in total. The predicted octanol–water partition coefficient (Wildman–Crippen LogP) is 0.982. The first-order valence-electron chi connectivity index (χ1n) is 4.39. The molecular formula is C9H12BrFN2O2. The van der Waals surface area contributed by atoms with Crippen molar-refractivity contribution in [3.8, 4) is 0 Å². The summed E-state index contributed by atoms with van der Waals surface area (Å²) >= 11 is 3.14. The lowest BCUT2D eigenvalue weighted by molar-refractivity contribution is 0.0170. The molecule has 6 heteroatoms. The number of nitrogens with zero attached hydrogens (tertiary/aromatic N) is 1. The Labute approximate surface area is 95.1 Å². The summed E-state index contributed by atoms with van der Waals surface area (Å²) in [5.41, 5.74) is 5.40. The van der Waals surface area contributed by atoms with Gasteiger partial charge in [0.25, 0.3) is 0 Å². The molecule has 0 fully saturated rings. The summed E-state index contributed by atoms with van der Waals surface area (Å²) in [5, 5.41) is 19.6. The van der Waals surface area contributed by atoms with Crippen molar-refractivity contribution in [3.63, 3.8) is 0 Å². The van der Waals surface area contributed by atoms with Crippen molar-refractivity contribution in [1.82, 2.24) is 4.98 Å². The van der Waals surface area contributed by atoms with Crippen molar-refractivity contribution in [3.05, 3.63) is 23.6 Å².